The van der Waals surface area contributed by atoms with Crippen LogP contribution < -0.4 is 24.8 Å². The zero-order valence-corrected chi connectivity index (χ0v) is 24.5. The number of hydrogen-bond donors (Lipinski definition) is 0. The van der Waals surface area contributed by atoms with E-state index in [0.717, 1.165) is 0 Å². The van der Waals surface area contributed by atoms with Crippen LogP contribution in [0.5, 0.6) is 0 Å². The summed E-state index contributed by atoms with van der Waals surface area (Å²) in [6.07, 6.45) is 2.56. The Bertz CT molecular complexity index is 1230. The van der Waals surface area contributed by atoms with Gasteiger partial charge in [-0.1, -0.05) is 0 Å². The molecule has 3 aromatic carbocycles. The molecule has 0 radical (unpaired) electrons. The SMILES string of the molecule is CC1=[C](/[Zr+2](=[CH]/c2ccc(C)cc2)[CH]2c3ccccc3-c3ccccc32)C(C)C=C1C(C)C.[Cl-].[Cl-]. The van der Waals surface area contributed by atoms with E-state index < -0.39 is 21.3 Å². The fourth-order valence-corrected chi connectivity index (χ4v) is 14.4. The molecule has 0 spiro atoms. The molecule has 1 unspecified atom stereocenters. The molecule has 2 aliphatic rings. The summed E-state index contributed by atoms with van der Waals surface area (Å²) in [4.78, 5) is 0. The van der Waals surface area contributed by atoms with Gasteiger partial charge in [0.05, 0.1) is 0 Å². The third kappa shape index (κ3) is 4.77. The van der Waals surface area contributed by atoms with Crippen molar-refractivity contribution in [2.24, 2.45) is 11.8 Å². The molecule has 0 saturated carbocycles. The molecule has 1 atom stereocenters. The largest absolute Gasteiger partial charge is 1.00 e. The van der Waals surface area contributed by atoms with Gasteiger partial charge < -0.3 is 24.8 Å². The van der Waals surface area contributed by atoms with Crippen LogP contribution in [-0.4, -0.2) is 3.71 Å². The maximum Gasteiger partial charge on any atom is -1.00 e. The molecule has 3 heteroatoms. The Labute approximate surface area is 225 Å². The summed E-state index contributed by atoms with van der Waals surface area (Å²) in [5, 5.41) is 0. The number of aryl methyl sites for hydroxylation is 1. The van der Waals surface area contributed by atoms with Gasteiger partial charge in [-0.05, 0) is 0 Å². The Balaban J connectivity index is 0.00000162. The summed E-state index contributed by atoms with van der Waals surface area (Å²) >= 11 is -2.33. The number of benzene rings is 3. The molecule has 0 fully saturated rings. The fourth-order valence-electron chi connectivity index (χ4n) is 5.73. The Morgan fingerprint density at radius 3 is 1.79 bits per heavy atom. The third-order valence-corrected chi connectivity index (χ3v) is 15.4. The van der Waals surface area contributed by atoms with Gasteiger partial charge in [0.2, 0.25) is 0 Å². The third-order valence-electron chi connectivity index (χ3n) is 7.20. The monoisotopic (exact) mass is 564 g/mol. The molecule has 0 bridgehead atoms. The Morgan fingerprint density at radius 1 is 0.765 bits per heavy atom. The van der Waals surface area contributed by atoms with E-state index in [1.165, 1.54) is 22.3 Å². The Morgan fingerprint density at radius 2 is 1.29 bits per heavy atom. The number of allylic oxidation sites excluding steroid dienone is 4. The van der Waals surface area contributed by atoms with E-state index in [0.29, 0.717) is 15.5 Å². The van der Waals surface area contributed by atoms with Crippen LogP contribution in [0.15, 0.2) is 93.3 Å². The van der Waals surface area contributed by atoms with E-state index in [1.54, 1.807) is 25.6 Å². The summed E-state index contributed by atoms with van der Waals surface area (Å²) in [6, 6.07) is 27.5. The van der Waals surface area contributed by atoms with Crippen LogP contribution in [0.2, 0.25) is 0 Å². The maximum absolute atomic E-state index is 2.73. The number of fused-ring (bicyclic) bond motifs is 3. The Kier molecular flexibility index (Phi) is 8.78. The molecular formula is C31H32Cl2Zr. The average Bonchev–Trinajstić information content (AvgIpc) is 3.28. The minimum atomic E-state index is -2.33. The van der Waals surface area contributed by atoms with Crippen molar-refractivity contribution in [3.8, 4) is 11.1 Å². The maximum atomic E-state index is 2.73. The molecule has 34 heavy (non-hydrogen) atoms. The second-order valence-electron chi connectivity index (χ2n) is 9.72. The van der Waals surface area contributed by atoms with E-state index in [-0.39, 0.29) is 24.8 Å². The molecule has 5 rings (SSSR count). The van der Waals surface area contributed by atoms with Crippen LogP contribution in [0.25, 0.3) is 11.1 Å². The minimum Gasteiger partial charge on any atom is -1.00 e. The van der Waals surface area contributed by atoms with Crippen molar-refractivity contribution >= 4 is 3.71 Å². The van der Waals surface area contributed by atoms with Crippen LogP contribution in [0.1, 0.15) is 53.6 Å². The van der Waals surface area contributed by atoms with Gasteiger partial charge in [-0.2, -0.15) is 0 Å². The van der Waals surface area contributed by atoms with Crippen LogP contribution >= 0.6 is 0 Å². The second-order valence-corrected chi connectivity index (χ2v) is 15.4. The van der Waals surface area contributed by atoms with Crippen LogP contribution in [-0.2, 0) is 21.3 Å². The first kappa shape index (κ1) is 27.1. The molecule has 0 heterocycles. The number of halogens is 2. The topological polar surface area (TPSA) is 0 Å². The van der Waals surface area contributed by atoms with Gasteiger partial charge >= 0.3 is 202 Å². The summed E-state index contributed by atoms with van der Waals surface area (Å²) < 4.78 is 5.06. The summed E-state index contributed by atoms with van der Waals surface area (Å²) in [5.41, 5.74) is 11.9. The first-order chi connectivity index (χ1) is 15.5. The summed E-state index contributed by atoms with van der Waals surface area (Å²) in [6.45, 7) is 11.7. The van der Waals surface area contributed by atoms with Crippen molar-refractivity contribution in [2.75, 3.05) is 0 Å². The predicted molar refractivity (Wildman–Crippen MR) is 135 cm³/mol. The van der Waals surface area contributed by atoms with Crippen molar-refractivity contribution in [1.29, 1.82) is 0 Å². The fraction of sp³-hybridized carbons (Fsp3) is 0.258. The quantitative estimate of drug-likeness (QED) is 0.454. The van der Waals surface area contributed by atoms with E-state index >= 15 is 0 Å². The van der Waals surface area contributed by atoms with Crippen molar-refractivity contribution in [3.63, 3.8) is 0 Å². The minimum absolute atomic E-state index is 0. The molecule has 0 N–H and O–H groups in total. The van der Waals surface area contributed by atoms with Crippen molar-refractivity contribution < 1.29 is 46.1 Å². The average molecular weight is 567 g/mol. The van der Waals surface area contributed by atoms with Crippen LogP contribution in [0.3, 0.4) is 0 Å². The second kappa shape index (κ2) is 11.0. The summed E-state index contributed by atoms with van der Waals surface area (Å²) in [7, 11) is 0. The molecule has 0 aliphatic heterocycles. The normalized spacial score (nSPS) is 16.6. The summed E-state index contributed by atoms with van der Waals surface area (Å²) in [5.74, 6) is 1.13. The van der Waals surface area contributed by atoms with Crippen molar-refractivity contribution in [2.45, 2.75) is 38.2 Å². The first-order valence-electron chi connectivity index (χ1n) is 11.9. The van der Waals surface area contributed by atoms with Crippen molar-refractivity contribution in [1.82, 2.24) is 0 Å². The van der Waals surface area contributed by atoms with Gasteiger partial charge in [0.1, 0.15) is 0 Å². The number of hydrogen-bond acceptors (Lipinski definition) is 0. The first-order valence-corrected chi connectivity index (χ1v) is 15.9. The molecule has 0 saturated heterocycles. The van der Waals surface area contributed by atoms with E-state index in [1.807, 2.05) is 0 Å². The standard InChI is InChI=1S/C13H9.C10H15.C8H8.2ClH.Zr/c1-3-7-12-10(5-1)9-11-6-2-4-8-13(11)12;1-7(2)10-6-8(3)5-9(10)4;1-7-3-5-8(2)6-4-7;;;/h1-9H;6-8H,1-4H3;1,3-6H,2H3;2*1H;/q;;;;;+2/p-2. The zero-order valence-electron chi connectivity index (χ0n) is 20.6. The molecule has 3 aromatic rings. The molecule has 0 nitrogen and oxygen atoms in total. The number of rotatable bonds is 4. The molecular weight excluding hydrogens is 534 g/mol. The van der Waals surface area contributed by atoms with Gasteiger partial charge in [-0.25, -0.2) is 0 Å². The Hall–Kier alpha value is -1.53. The van der Waals surface area contributed by atoms with E-state index in [4.69, 9.17) is 0 Å². The van der Waals surface area contributed by atoms with E-state index in [2.05, 4.69) is 117 Å². The van der Waals surface area contributed by atoms with Gasteiger partial charge in [0, 0.05) is 0 Å². The molecule has 174 valence electrons. The van der Waals surface area contributed by atoms with E-state index in [9.17, 15) is 0 Å². The van der Waals surface area contributed by atoms with Gasteiger partial charge in [-0.15, -0.1) is 0 Å². The van der Waals surface area contributed by atoms with Gasteiger partial charge in [0.25, 0.3) is 0 Å². The van der Waals surface area contributed by atoms with Crippen molar-refractivity contribution in [3.05, 3.63) is 116 Å². The molecule has 0 amide bonds. The zero-order chi connectivity index (χ0) is 22.4. The van der Waals surface area contributed by atoms with Crippen LogP contribution in [0.4, 0.5) is 0 Å². The smallest absolute Gasteiger partial charge is 1.00 e. The van der Waals surface area contributed by atoms with Gasteiger partial charge in [-0.3, -0.25) is 0 Å². The molecule has 2 aliphatic carbocycles. The van der Waals surface area contributed by atoms with Crippen LogP contribution in [0, 0.1) is 18.8 Å². The van der Waals surface area contributed by atoms with Gasteiger partial charge in [0.15, 0.2) is 0 Å². The molecule has 0 aromatic heterocycles. The predicted octanol–water partition coefficient (Wildman–Crippen LogP) is 2.05.